The van der Waals surface area contributed by atoms with Crippen LogP contribution >= 0.6 is 0 Å². The number of nitrogens with zero attached hydrogens (tertiary/aromatic N) is 2. The fourth-order valence-corrected chi connectivity index (χ4v) is 3.06. The van der Waals surface area contributed by atoms with Crippen molar-refractivity contribution < 1.29 is 8.78 Å². The van der Waals surface area contributed by atoms with Gasteiger partial charge in [0.05, 0.1) is 0 Å². The number of piperazine rings is 1. The third-order valence-electron chi connectivity index (χ3n) is 4.63. The first-order chi connectivity index (χ1) is 9.93. The molecule has 1 heterocycles. The zero-order valence-corrected chi connectivity index (χ0v) is 13.0. The standard InChI is InChI=1S/C16H25F2N3/c1-11-9-21(10-12(2)20(11)3)15(8-19)13-4-6-14(7-5-13)16(17)18/h4-7,11-12,15-16H,8-10,19H2,1-3H3. The molecule has 118 valence electrons. The highest BCUT2D eigenvalue weighted by molar-refractivity contribution is 5.26. The Morgan fingerprint density at radius 2 is 1.57 bits per heavy atom. The van der Waals surface area contributed by atoms with E-state index in [9.17, 15) is 8.78 Å². The van der Waals surface area contributed by atoms with Crippen LogP contribution in [0.1, 0.15) is 37.4 Å². The zero-order chi connectivity index (χ0) is 15.6. The highest BCUT2D eigenvalue weighted by Gasteiger charge is 2.30. The average molecular weight is 297 g/mol. The van der Waals surface area contributed by atoms with Crippen molar-refractivity contribution in [1.29, 1.82) is 0 Å². The highest BCUT2D eigenvalue weighted by atomic mass is 19.3. The molecule has 2 rings (SSSR count). The minimum Gasteiger partial charge on any atom is -0.329 e. The first-order valence-corrected chi connectivity index (χ1v) is 7.48. The number of likely N-dealkylation sites (N-methyl/N-ethyl adjacent to an activating group) is 1. The van der Waals surface area contributed by atoms with Crippen LogP contribution in [0.4, 0.5) is 8.78 Å². The maximum Gasteiger partial charge on any atom is 0.263 e. The van der Waals surface area contributed by atoms with Crippen LogP contribution < -0.4 is 5.73 Å². The number of benzene rings is 1. The van der Waals surface area contributed by atoms with E-state index < -0.39 is 6.43 Å². The van der Waals surface area contributed by atoms with E-state index in [1.165, 1.54) is 12.1 Å². The Morgan fingerprint density at radius 3 is 2.00 bits per heavy atom. The summed E-state index contributed by atoms with van der Waals surface area (Å²) < 4.78 is 25.3. The number of alkyl halides is 2. The molecule has 0 aliphatic carbocycles. The van der Waals surface area contributed by atoms with Gasteiger partial charge in [-0.15, -0.1) is 0 Å². The highest BCUT2D eigenvalue weighted by Crippen LogP contribution is 2.27. The average Bonchev–Trinajstić information content (AvgIpc) is 2.46. The van der Waals surface area contributed by atoms with Gasteiger partial charge in [-0.1, -0.05) is 24.3 Å². The third-order valence-corrected chi connectivity index (χ3v) is 4.63. The first-order valence-electron chi connectivity index (χ1n) is 7.48. The van der Waals surface area contributed by atoms with Gasteiger partial charge in [-0.25, -0.2) is 8.78 Å². The molecule has 2 N–H and O–H groups in total. The molecule has 0 spiro atoms. The lowest BCUT2D eigenvalue weighted by Gasteiger charge is -2.45. The van der Waals surface area contributed by atoms with Crippen LogP contribution in [-0.4, -0.2) is 48.6 Å². The van der Waals surface area contributed by atoms with Gasteiger partial charge in [-0.05, 0) is 26.5 Å². The summed E-state index contributed by atoms with van der Waals surface area (Å²) in [5, 5.41) is 0. The van der Waals surface area contributed by atoms with E-state index in [0.717, 1.165) is 18.7 Å². The first kappa shape index (κ1) is 16.3. The van der Waals surface area contributed by atoms with E-state index in [1.54, 1.807) is 12.1 Å². The van der Waals surface area contributed by atoms with E-state index in [-0.39, 0.29) is 11.6 Å². The van der Waals surface area contributed by atoms with Gasteiger partial charge in [0.15, 0.2) is 0 Å². The molecule has 0 radical (unpaired) electrons. The maximum atomic E-state index is 12.6. The Morgan fingerprint density at radius 1 is 1.10 bits per heavy atom. The van der Waals surface area contributed by atoms with Crippen molar-refractivity contribution in [3.63, 3.8) is 0 Å². The quantitative estimate of drug-likeness (QED) is 0.927. The number of hydrogen-bond donors (Lipinski definition) is 1. The van der Waals surface area contributed by atoms with Crippen molar-refractivity contribution >= 4 is 0 Å². The fraction of sp³-hybridized carbons (Fsp3) is 0.625. The van der Waals surface area contributed by atoms with Gasteiger partial charge in [-0.3, -0.25) is 9.80 Å². The van der Waals surface area contributed by atoms with Crippen LogP contribution in [0, 0.1) is 0 Å². The van der Waals surface area contributed by atoms with E-state index in [4.69, 9.17) is 5.73 Å². The zero-order valence-electron chi connectivity index (χ0n) is 13.0. The normalized spacial score (nSPS) is 26.2. The Balaban J connectivity index is 2.15. The molecule has 3 atom stereocenters. The minimum absolute atomic E-state index is 0.0645. The monoisotopic (exact) mass is 297 g/mol. The van der Waals surface area contributed by atoms with E-state index >= 15 is 0 Å². The smallest absolute Gasteiger partial charge is 0.263 e. The fourth-order valence-electron chi connectivity index (χ4n) is 3.06. The summed E-state index contributed by atoms with van der Waals surface area (Å²) in [5.74, 6) is 0. The summed E-state index contributed by atoms with van der Waals surface area (Å²) in [6.07, 6.45) is -2.42. The molecule has 5 heteroatoms. The van der Waals surface area contributed by atoms with Crippen molar-refractivity contribution in [3.05, 3.63) is 35.4 Å². The maximum absolute atomic E-state index is 12.6. The SMILES string of the molecule is CC1CN(C(CN)c2ccc(C(F)F)cc2)CC(C)N1C. The van der Waals surface area contributed by atoms with Crippen molar-refractivity contribution in [2.24, 2.45) is 5.73 Å². The molecule has 1 aliphatic rings. The molecule has 0 saturated carbocycles. The van der Waals surface area contributed by atoms with Crippen molar-refractivity contribution in [3.8, 4) is 0 Å². The van der Waals surface area contributed by atoms with Gasteiger partial charge in [0.1, 0.15) is 0 Å². The number of rotatable bonds is 4. The molecule has 0 amide bonds. The molecule has 21 heavy (non-hydrogen) atoms. The third kappa shape index (κ3) is 3.59. The molecule has 3 nitrogen and oxygen atoms in total. The predicted molar refractivity (Wildman–Crippen MR) is 81.5 cm³/mol. The van der Waals surface area contributed by atoms with Crippen LogP contribution in [0.3, 0.4) is 0 Å². The van der Waals surface area contributed by atoms with Gasteiger partial charge >= 0.3 is 0 Å². The van der Waals surface area contributed by atoms with Crippen molar-refractivity contribution in [2.75, 3.05) is 26.7 Å². The van der Waals surface area contributed by atoms with Crippen LogP contribution in [0.5, 0.6) is 0 Å². The van der Waals surface area contributed by atoms with Crippen LogP contribution in [0.2, 0.25) is 0 Å². The summed E-state index contributed by atoms with van der Waals surface area (Å²) in [5.41, 5.74) is 7.04. The van der Waals surface area contributed by atoms with E-state index in [0.29, 0.717) is 18.6 Å². The summed E-state index contributed by atoms with van der Waals surface area (Å²) in [4.78, 5) is 4.73. The summed E-state index contributed by atoms with van der Waals surface area (Å²) in [6, 6.07) is 7.60. The van der Waals surface area contributed by atoms with Crippen LogP contribution in [-0.2, 0) is 0 Å². The lowest BCUT2D eigenvalue weighted by molar-refractivity contribution is 0.0352. The van der Waals surface area contributed by atoms with Crippen LogP contribution in [0.15, 0.2) is 24.3 Å². The second kappa shape index (κ2) is 6.81. The molecule has 1 saturated heterocycles. The lowest BCUT2D eigenvalue weighted by atomic mass is 10.00. The molecular weight excluding hydrogens is 272 g/mol. The summed E-state index contributed by atoms with van der Waals surface area (Å²) in [6.45, 7) is 6.79. The molecule has 1 aromatic rings. The van der Waals surface area contributed by atoms with Gasteiger partial charge in [-0.2, -0.15) is 0 Å². The number of hydrogen-bond acceptors (Lipinski definition) is 3. The van der Waals surface area contributed by atoms with E-state index in [2.05, 4.69) is 30.7 Å². The number of halogens is 2. The predicted octanol–water partition coefficient (Wildman–Crippen LogP) is 2.65. The molecule has 1 aromatic carbocycles. The Labute approximate surface area is 125 Å². The lowest BCUT2D eigenvalue weighted by Crippen LogP contribution is -2.56. The molecule has 0 bridgehead atoms. The van der Waals surface area contributed by atoms with Gasteiger partial charge in [0.25, 0.3) is 6.43 Å². The van der Waals surface area contributed by atoms with Crippen LogP contribution in [0.25, 0.3) is 0 Å². The minimum atomic E-state index is -2.42. The molecule has 1 fully saturated rings. The molecule has 3 unspecified atom stereocenters. The number of nitrogens with two attached hydrogens (primary N) is 1. The van der Waals surface area contributed by atoms with Gasteiger partial charge in [0, 0.05) is 43.3 Å². The van der Waals surface area contributed by atoms with Gasteiger partial charge < -0.3 is 5.73 Å². The van der Waals surface area contributed by atoms with Crippen molar-refractivity contribution in [1.82, 2.24) is 9.80 Å². The Bertz CT molecular complexity index is 437. The largest absolute Gasteiger partial charge is 0.329 e. The molecular formula is C16H25F2N3. The van der Waals surface area contributed by atoms with E-state index in [1.807, 2.05) is 0 Å². The van der Waals surface area contributed by atoms with Crippen molar-refractivity contribution in [2.45, 2.75) is 38.4 Å². The topological polar surface area (TPSA) is 32.5 Å². The second-order valence-electron chi connectivity index (χ2n) is 6.04. The molecule has 0 aromatic heterocycles. The summed E-state index contributed by atoms with van der Waals surface area (Å²) in [7, 11) is 2.14. The second-order valence-corrected chi connectivity index (χ2v) is 6.04. The Hall–Kier alpha value is -1.04. The summed E-state index contributed by atoms with van der Waals surface area (Å²) >= 11 is 0. The Kier molecular flexibility index (Phi) is 5.30. The molecule has 1 aliphatic heterocycles. The van der Waals surface area contributed by atoms with Gasteiger partial charge in [0.2, 0.25) is 0 Å².